The predicted molar refractivity (Wildman–Crippen MR) is 89.4 cm³/mol. The van der Waals surface area contributed by atoms with Crippen LogP contribution in [0.25, 0.3) is 22.4 Å². The zero-order valence-corrected chi connectivity index (χ0v) is 13.2. The van der Waals surface area contributed by atoms with Crippen LogP contribution in [0, 0.1) is 17.0 Å². The molecule has 0 saturated carbocycles. The van der Waals surface area contributed by atoms with Gasteiger partial charge >= 0.3 is 0 Å². The lowest BCUT2D eigenvalue weighted by Crippen LogP contribution is -1.97. The molecule has 3 aromatic rings. The van der Waals surface area contributed by atoms with E-state index in [1.54, 1.807) is 24.4 Å². The lowest BCUT2D eigenvalue weighted by atomic mass is 9.94. The summed E-state index contributed by atoms with van der Waals surface area (Å²) < 4.78 is 0.687. The maximum atomic E-state index is 11.4. The van der Waals surface area contributed by atoms with E-state index < -0.39 is 0 Å². The van der Waals surface area contributed by atoms with E-state index in [2.05, 4.69) is 4.98 Å². The Balaban J connectivity index is 2.27. The Kier molecular flexibility index (Phi) is 3.92. The van der Waals surface area contributed by atoms with Crippen LogP contribution in [0.4, 0.5) is 5.69 Å². The fourth-order valence-electron chi connectivity index (χ4n) is 2.45. The van der Waals surface area contributed by atoms with Crippen LogP contribution in [0.2, 0.25) is 4.34 Å². The van der Waals surface area contributed by atoms with Crippen LogP contribution in [-0.4, -0.2) is 9.91 Å². The van der Waals surface area contributed by atoms with Crippen molar-refractivity contribution in [3.8, 4) is 22.4 Å². The van der Waals surface area contributed by atoms with Gasteiger partial charge in [0.2, 0.25) is 0 Å². The van der Waals surface area contributed by atoms with Gasteiger partial charge in [0.1, 0.15) is 0 Å². The topological polar surface area (TPSA) is 56.0 Å². The van der Waals surface area contributed by atoms with Gasteiger partial charge in [-0.05, 0) is 47.9 Å². The Morgan fingerprint density at radius 1 is 1.27 bits per heavy atom. The van der Waals surface area contributed by atoms with Crippen molar-refractivity contribution in [2.45, 2.75) is 6.92 Å². The number of nitro groups is 1. The molecule has 3 rings (SSSR count). The largest absolute Gasteiger partial charge is 0.279 e. The average molecular weight is 331 g/mol. The number of halogens is 1. The molecule has 0 aliphatic carbocycles. The molecule has 6 heteroatoms. The van der Waals surface area contributed by atoms with E-state index in [-0.39, 0.29) is 10.6 Å². The number of nitro benzene ring substituents is 1. The molecule has 0 N–H and O–H groups in total. The minimum absolute atomic E-state index is 0.0567. The monoisotopic (exact) mass is 330 g/mol. The van der Waals surface area contributed by atoms with Crippen LogP contribution >= 0.6 is 22.9 Å². The number of hydrogen-bond acceptors (Lipinski definition) is 4. The minimum atomic E-state index is -0.374. The molecular weight excluding hydrogens is 320 g/mol. The SMILES string of the molecule is Cc1c(-c2csc(Cl)c2)ccc([N+](=O)[O-])c1-c1ccccn1. The molecule has 0 aliphatic rings. The smallest absolute Gasteiger partial charge is 0.258 e. The molecule has 0 atom stereocenters. The standard InChI is InChI=1S/C16H11ClN2O2S/c1-10-12(11-8-15(17)22-9-11)5-6-14(19(20)21)16(10)13-4-2-3-7-18-13/h2-9H,1H3. The molecule has 0 spiro atoms. The summed E-state index contributed by atoms with van der Waals surface area (Å²) in [4.78, 5) is 15.2. The molecule has 22 heavy (non-hydrogen) atoms. The van der Waals surface area contributed by atoms with Crippen LogP contribution in [0.3, 0.4) is 0 Å². The van der Waals surface area contributed by atoms with Crippen molar-refractivity contribution in [3.05, 3.63) is 68.0 Å². The van der Waals surface area contributed by atoms with Crippen LogP contribution in [-0.2, 0) is 0 Å². The zero-order valence-electron chi connectivity index (χ0n) is 11.6. The molecular formula is C16H11ClN2O2S. The maximum absolute atomic E-state index is 11.4. The first-order chi connectivity index (χ1) is 10.6. The van der Waals surface area contributed by atoms with Gasteiger partial charge in [0.05, 0.1) is 20.5 Å². The number of hydrogen-bond donors (Lipinski definition) is 0. The number of pyridine rings is 1. The molecule has 2 aromatic heterocycles. The molecule has 0 fully saturated rings. The van der Waals surface area contributed by atoms with E-state index in [1.807, 2.05) is 24.4 Å². The Morgan fingerprint density at radius 3 is 2.68 bits per heavy atom. The quantitative estimate of drug-likeness (QED) is 0.480. The van der Waals surface area contributed by atoms with E-state index in [0.29, 0.717) is 15.6 Å². The lowest BCUT2D eigenvalue weighted by molar-refractivity contribution is -0.384. The van der Waals surface area contributed by atoms with Crippen molar-refractivity contribution in [2.24, 2.45) is 0 Å². The maximum Gasteiger partial charge on any atom is 0.279 e. The fourth-order valence-corrected chi connectivity index (χ4v) is 3.33. The van der Waals surface area contributed by atoms with Gasteiger partial charge in [-0.2, -0.15) is 0 Å². The van der Waals surface area contributed by atoms with Crippen LogP contribution in [0.1, 0.15) is 5.56 Å². The van der Waals surface area contributed by atoms with Crippen molar-refractivity contribution in [1.29, 1.82) is 0 Å². The molecule has 0 aliphatic heterocycles. The molecule has 0 unspecified atom stereocenters. The van der Waals surface area contributed by atoms with Gasteiger partial charge in [0.25, 0.3) is 5.69 Å². The first-order valence-corrected chi connectivity index (χ1v) is 7.77. The number of thiophene rings is 1. The summed E-state index contributed by atoms with van der Waals surface area (Å²) in [6, 6.07) is 10.5. The summed E-state index contributed by atoms with van der Waals surface area (Å²) in [5, 5.41) is 13.3. The number of aromatic nitrogens is 1. The number of benzene rings is 1. The highest BCUT2D eigenvalue weighted by molar-refractivity contribution is 7.14. The van der Waals surface area contributed by atoms with Crippen LogP contribution < -0.4 is 0 Å². The van der Waals surface area contributed by atoms with E-state index in [1.165, 1.54) is 17.4 Å². The third-order valence-corrected chi connectivity index (χ3v) is 4.53. The van der Waals surface area contributed by atoms with Gasteiger partial charge in [-0.1, -0.05) is 17.7 Å². The Labute approximate surface area is 136 Å². The molecule has 1 aromatic carbocycles. The highest BCUT2D eigenvalue weighted by atomic mass is 35.5. The van der Waals surface area contributed by atoms with Crippen molar-refractivity contribution < 1.29 is 4.92 Å². The summed E-state index contributed by atoms with van der Waals surface area (Å²) in [6.07, 6.45) is 1.63. The predicted octanol–water partition coefficient (Wildman–Crippen LogP) is 5.35. The van der Waals surface area contributed by atoms with E-state index in [9.17, 15) is 10.1 Å². The third kappa shape index (κ3) is 2.61. The fraction of sp³-hybridized carbons (Fsp3) is 0.0625. The Hall–Kier alpha value is -2.24. The number of nitrogens with zero attached hydrogens (tertiary/aromatic N) is 2. The van der Waals surface area contributed by atoms with Gasteiger partial charge in [-0.15, -0.1) is 11.3 Å². The second-order valence-corrected chi connectivity index (χ2v) is 6.29. The summed E-state index contributed by atoms with van der Waals surface area (Å²) >= 11 is 7.44. The van der Waals surface area contributed by atoms with Gasteiger partial charge in [0.15, 0.2) is 0 Å². The van der Waals surface area contributed by atoms with Crippen molar-refractivity contribution >= 4 is 28.6 Å². The highest BCUT2D eigenvalue weighted by Crippen LogP contribution is 2.39. The van der Waals surface area contributed by atoms with Crippen molar-refractivity contribution in [1.82, 2.24) is 4.98 Å². The van der Waals surface area contributed by atoms with Crippen LogP contribution in [0.15, 0.2) is 48.0 Å². The lowest BCUT2D eigenvalue weighted by Gasteiger charge is -2.11. The number of rotatable bonds is 3. The first-order valence-electron chi connectivity index (χ1n) is 6.51. The molecule has 2 heterocycles. The highest BCUT2D eigenvalue weighted by Gasteiger charge is 2.21. The van der Waals surface area contributed by atoms with E-state index in [0.717, 1.165) is 16.7 Å². The second-order valence-electron chi connectivity index (χ2n) is 4.74. The Bertz CT molecular complexity index is 847. The third-order valence-electron chi connectivity index (χ3n) is 3.44. The first kappa shape index (κ1) is 14.7. The minimum Gasteiger partial charge on any atom is -0.258 e. The van der Waals surface area contributed by atoms with Gasteiger partial charge in [-0.25, -0.2) is 0 Å². The molecule has 110 valence electrons. The summed E-state index contributed by atoms with van der Waals surface area (Å²) in [5.41, 5.74) is 3.90. The molecule has 0 bridgehead atoms. The van der Waals surface area contributed by atoms with E-state index in [4.69, 9.17) is 11.6 Å². The van der Waals surface area contributed by atoms with Crippen LogP contribution in [0.5, 0.6) is 0 Å². The average Bonchev–Trinajstić information content (AvgIpc) is 2.94. The zero-order chi connectivity index (χ0) is 15.7. The summed E-state index contributed by atoms with van der Waals surface area (Å²) in [5.74, 6) is 0. The molecule has 0 saturated heterocycles. The van der Waals surface area contributed by atoms with E-state index >= 15 is 0 Å². The second kappa shape index (κ2) is 5.87. The summed E-state index contributed by atoms with van der Waals surface area (Å²) in [7, 11) is 0. The molecule has 0 amide bonds. The summed E-state index contributed by atoms with van der Waals surface area (Å²) in [6.45, 7) is 1.87. The van der Waals surface area contributed by atoms with Gasteiger partial charge in [0, 0.05) is 17.6 Å². The van der Waals surface area contributed by atoms with Crippen molar-refractivity contribution in [2.75, 3.05) is 0 Å². The van der Waals surface area contributed by atoms with Crippen molar-refractivity contribution in [3.63, 3.8) is 0 Å². The molecule has 0 radical (unpaired) electrons. The van der Waals surface area contributed by atoms with Gasteiger partial charge < -0.3 is 0 Å². The van der Waals surface area contributed by atoms with Gasteiger partial charge in [-0.3, -0.25) is 15.1 Å². The Morgan fingerprint density at radius 2 is 2.09 bits per heavy atom. The normalized spacial score (nSPS) is 10.6. The molecule has 4 nitrogen and oxygen atoms in total.